The van der Waals surface area contributed by atoms with Gasteiger partial charge in [0.05, 0.1) is 28.8 Å². The number of amides is 3. The Morgan fingerprint density at radius 2 is 1.76 bits per heavy atom. The number of halogens is 2. The average molecular weight is 766 g/mol. The molecule has 0 spiro atoms. The molecule has 3 amide bonds. The third-order valence-corrected chi connectivity index (χ3v) is 11.0. The number of carbonyl (C=O) groups is 3. The van der Waals surface area contributed by atoms with Crippen LogP contribution in [-0.4, -0.2) is 75.1 Å². The lowest BCUT2D eigenvalue weighted by atomic mass is 9.85. The Morgan fingerprint density at radius 1 is 1.10 bits per heavy atom. The number of alkyl halides is 2. The third kappa shape index (κ3) is 11.2. The van der Waals surface area contributed by atoms with Crippen molar-refractivity contribution in [1.29, 1.82) is 0 Å². The number of hydrogen-bond acceptors (Lipinski definition) is 7. The highest BCUT2D eigenvalue weighted by Crippen LogP contribution is 2.40. The molecular formula is C37H54BrFN4O5S. The van der Waals surface area contributed by atoms with E-state index in [1.54, 1.807) is 32.1 Å². The van der Waals surface area contributed by atoms with E-state index in [2.05, 4.69) is 31.5 Å². The van der Waals surface area contributed by atoms with Crippen LogP contribution in [0.4, 0.5) is 4.39 Å². The van der Waals surface area contributed by atoms with Crippen molar-refractivity contribution in [3.8, 4) is 16.2 Å². The Hall–Kier alpha value is -2.57. The summed E-state index contributed by atoms with van der Waals surface area (Å²) in [5.74, 6) is -1.03. The molecule has 3 N–H and O–H groups in total. The molecule has 2 aliphatic rings. The summed E-state index contributed by atoms with van der Waals surface area (Å²) in [6.45, 7) is 8.00. The second-order valence-electron chi connectivity index (χ2n) is 14.7. The number of ether oxygens (including phenoxy) is 1. The molecule has 1 aliphatic heterocycles. The van der Waals surface area contributed by atoms with Crippen LogP contribution in [0.1, 0.15) is 109 Å². The number of aliphatic hydroxyl groups is 1. The van der Waals surface area contributed by atoms with Gasteiger partial charge in [-0.2, -0.15) is 0 Å². The minimum atomic E-state index is -1.94. The minimum absolute atomic E-state index is 0.0471. The molecule has 3 atom stereocenters. The lowest BCUT2D eigenvalue weighted by Crippen LogP contribution is -2.59. The van der Waals surface area contributed by atoms with Gasteiger partial charge in [-0.15, -0.1) is 11.3 Å². The zero-order valence-electron chi connectivity index (χ0n) is 29.5. The van der Waals surface area contributed by atoms with Gasteiger partial charge in [0.1, 0.15) is 17.8 Å². The SMILES string of the molecule is Cc1ncsc1-c1ccc(CNC(=O)[C@@H]2C[C@@H](O)CN2C(=O)C(NC(=O)C2(F)CC2)C(C)(C)C)c(OCCCCCCCCCCCBr)c1. The summed E-state index contributed by atoms with van der Waals surface area (Å²) < 4.78 is 20.8. The van der Waals surface area contributed by atoms with Crippen LogP contribution < -0.4 is 15.4 Å². The Morgan fingerprint density at radius 3 is 2.35 bits per heavy atom. The number of aromatic nitrogens is 1. The van der Waals surface area contributed by atoms with Gasteiger partial charge < -0.3 is 25.4 Å². The fourth-order valence-electron chi connectivity index (χ4n) is 6.19. The van der Waals surface area contributed by atoms with Crippen LogP contribution in [0.2, 0.25) is 0 Å². The zero-order valence-corrected chi connectivity index (χ0v) is 31.9. The maximum atomic E-state index is 14.5. The van der Waals surface area contributed by atoms with Crippen molar-refractivity contribution in [3.63, 3.8) is 0 Å². The fourth-order valence-corrected chi connectivity index (χ4v) is 7.39. The van der Waals surface area contributed by atoms with E-state index in [1.807, 2.05) is 30.6 Å². The molecule has 1 aliphatic carbocycles. The van der Waals surface area contributed by atoms with Crippen LogP contribution in [0.3, 0.4) is 0 Å². The molecular weight excluding hydrogens is 711 g/mol. The first-order valence-electron chi connectivity index (χ1n) is 17.8. The predicted octanol–water partition coefficient (Wildman–Crippen LogP) is 7.01. The monoisotopic (exact) mass is 764 g/mol. The summed E-state index contributed by atoms with van der Waals surface area (Å²) in [7, 11) is 0. The van der Waals surface area contributed by atoms with Crippen LogP contribution in [-0.2, 0) is 20.9 Å². The van der Waals surface area contributed by atoms with Crippen molar-refractivity contribution < 1.29 is 28.6 Å². The van der Waals surface area contributed by atoms with Crippen molar-refractivity contribution in [2.24, 2.45) is 5.41 Å². The van der Waals surface area contributed by atoms with Crippen LogP contribution >= 0.6 is 27.3 Å². The van der Waals surface area contributed by atoms with E-state index < -0.39 is 47.0 Å². The normalized spacial score (nSPS) is 19.0. The molecule has 1 aromatic carbocycles. The van der Waals surface area contributed by atoms with E-state index in [4.69, 9.17) is 4.74 Å². The van der Waals surface area contributed by atoms with Gasteiger partial charge in [-0.3, -0.25) is 14.4 Å². The van der Waals surface area contributed by atoms with E-state index in [0.29, 0.717) is 12.4 Å². The van der Waals surface area contributed by atoms with Gasteiger partial charge in [0.2, 0.25) is 11.8 Å². The predicted molar refractivity (Wildman–Crippen MR) is 196 cm³/mol. The number of nitrogens with zero attached hydrogens (tertiary/aromatic N) is 2. The van der Waals surface area contributed by atoms with Gasteiger partial charge in [0.25, 0.3) is 5.91 Å². The number of nitrogens with one attached hydrogen (secondary N) is 2. The molecule has 0 bridgehead atoms. The number of hydrogen-bond donors (Lipinski definition) is 3. The highest BCUT2D eigenvalue weighted by atomic mass is 79.9. The first-order valence-corrected chi connectivity index (χ1v) is 19.8. The number of unbranched alkanes of at least 4 members (excludes halogenated alkanes) is 8. The highest BCUT2D eigenvalue weighted by Gasteiger charge is 2.53. The standard InChI is InChI=1S/C37H54BrFN4O5S/c1-25-31(49-24-41-25)26-14-15-27(30(20-26)48-19-13-11-9-7-5-6-8-10-12-18-38)22-40-33(45)29-21-28(44)23-43(29)34(46)32(36(2,3)4)42-35(47)37(39)16-17-37/h14-15,20,24,28-29,32,44H,5-13,16-19,21-23H2,1-4H3,(H,40,45)(H,42,47)/t28-,29+,32?/m1/s1. The highest BCUT2D eigenvalue weighted by molar-refractivity contribution is 9.09. The summed E-state index contributed by atoms with van der Waals surface area (Å²) in [6.07, 6.45) is 10.3. The summed E-state index contributed by atoms with van der Waals surface area (Å²) >= 11 is 5.06. The van der Waals surface area contributed by atoms with Crippen molar-refractivity contribution in [3.05, 3.63) is 35.0 Å². The van der Waals surface area contributed by atoms with Gasteiger partial charge in [-0.25, -0.2) is 9.37 Å². The van der Waals surface area contributed by atoms with Crippen LogP contribution in [0.15, 0.2) is 23.7 Å². The van der Waals surface area contributed by atoms with E-state index in [1.165, 1.54) is 49.8 Å². The topological polar surface area (TPSA) is 121 Å². The van der Waals surface area contributed by atoms with E-state index in [-0.39, 0.29) is 32.4 Å². The summed E-state index contributed by atoms with van der Waals surface area (Å²) in [5, 5.41) is 17.2. The number of benzene rings is 1. The van der Waals surface area contributed by atoms with Gasteiger partial charge in [0.15, 0.2) is 5.67 Å². The lowest BCUT2D eigenvalue weighted by Gasteiger charge is -2.35. The molecule has 2 heterocycles. The molecule has 1 saturated heterocycles. The molecule has 12 heteroatoms. The summed E-state index contributed by atoms with van der Waals surface area (Å²) in [5.41, 5.74) is 1.88. The minimum Gasteiger partial charge on any atom is -0.493 e. The average Bonchev–Trinajstić information content (AvgIpc) is 3.47. The fraction of sp³-hybridized carbons (Fsp3) is 0.676. The number of thiazole rings is 1. The van der Waals surface area contributed by atoms with Crippen molar-refractivity contribution in [2.75, 3.05) is 18.5 Å². The van der Waals surface area contributed by atoms with Crippen molar-refractivity contribution >= 4 is 45.0 Å². The lowest BCUT2D eigenvalue weighted by molar-refractivity contribution is -0.145. The van der Waals surface area contributed by atoms with Crippen molar-refractivity contribution in [1.82, 2.24) is 20.5 Å². The molecule has 272 valence electrons. The van der Waals surface area contributed by atoms with Gasteiger partial charge in [-0.1, -0.05) is 93.8 Å². The second kappa shape index (κ2) is 18.1. The molecule has 49 heavy (non-hydrogen) atoms. The molecule has 1 aromatic heterocycles. The van der Waals surface area contributed by atoms with Gasteiger partial charge in [-0.05, 0) is 49.7 Å². The maximum absolute atomic E-state index is 14.5. The molecule has 4 rings (SSSR count). The largest absolute Gasteiger partial charge is 0.493 e. The summed E-state index contributed by atoms with van der Waals surface area (Å²) in [4.78, 5) is 46.8. The zero-order chi connectivity index (χ0) is 35.6. The number of rotatable bonds is 19. The number of likely N-dealkylation sites (tertiary alicyclic amines) is 1. The third-order valence-electron chi connectivity index (χ3n) is 9.41. The smallest absolute Gasteiger partial charge is 0.258 e. The number of carbonyl (C=O) groups excluding carboxylic acids is 3. The number of β-amino-alcohol motifs (C(OH)–C–C–N with tert-alkyl or cyclic N) is 1. The molecule has 9 nitrogen and oxygen atoms in total. The number of aliphatic hydroxyl groups excluding tert-OH is 1. The van der Waals surface area contributed by atoms with Crippen LogP contribution in [0.25, 0.3) is 10.4 Å². The van der Waals surface area contributed by atoms with Crippen LogP contribution in [0, 0.1) is 12.3 Å². The Kier molecular flexibility index (Phi) is 14.5. The Balaban J connectivity index is 1.38. The molecule has 2 fully saturated rings. The second-order valence-corrected chi connectivity index (χ2v) is 16.3. The van der Waals surface area contributed by atoms with E-state index >= 15 is 0 Å². The molecule has 1 unspecified atom stereocenters. The summed E-state index contributed by atoms with van der Waals surface area (Å²) in [6, 6.07) is 3.95. The molecule has 2 aromatic rings. The molecule has 1 saturated carbocycles. The van der Waals surface area contributed by atoms with Gasteiger partial charge >= 0.3 is 0 Å². The Labute approximate surface area is 303 Å². The van der Waals surface area contributed by atoms with E-state index in [9.17, 15) is 23.9 Å². The number of aryl methyl sites for hydroxylation is 1. The first-order chi connectivity index (χ1) is 23.3. The Bertz CT molecular complexity index is 1410. The first kappa shape index (κ1) is 39.2. The maximum Gasteiger partial charge on any atom is 0.258 e. The van der Waals surface area contributed by atoms with Crippen LogP contribution in [0.5, 0.6) is 5.75 Å². The van der Waals surface area contributed by atoms with Gasteiger partial charge in [0, 0.05) is 30.4 Å². The van der Waals surface area contributed by atoms with E-state index in [0.717, 1.165) is 39.9 Å². The molecule has 0 radical (unpaired) electrons. The quantitative estimate of drug-likeness (QED) is 0.105. The van der Waals surface area contributed by atoms with Crippen molar-refractivity contribution in [2.45, 2.75) is 135 Å².